The molecule has 0 aromatic heterocycles. The van der Waals surface area contributed by atoms with Gasteiger partial charge in [0.2, 0.25) is 11.8 Å². The highest BCUT2D eigenvalue weighted by atomic mass is 19.1. The van der Waals surface area contributed by atoms with Crippen molar-refractivity contribution in [2.75, 3.05) is 42.0 Å². The zero-order chi connectivity index (χ0) is 41.0. The lowest BCUT2D eigenvalue weighted by molar-refractivity contribution is -0.149. The minimum Gasteiger partial charge on any atom is -0.380 e. The van der Waals surface area contributed by atoms with Crippen molar-refractivity contribution in [3.05, 3.63) is 35.1 Å². The first-order chi connectivity index (χ1) is 25.4. The third kappa shape index (κ3) is 12.0. The molecule has 0 radical (unpaired) electrons. The van der Waals surface area contributed by atoms with Crippen LogP contribution < -0.4 is 5.32 Å². The number of Topliss-reactive ketones (excluding diaryl/α,β-unsaturated/α-hetero) is 3. The Hall–Kier alpha value is -3.06. The molecule has 1 heterocycles. The molecule has 1 aromatic carbocycles. The van der Waals surface area contributed by atoms with Crippen molar-refractivity contribution in [2.45, 2.75) is 130 Å². The summed E-state index contributed by atoms with van der Waals surface area (Å²) in [5.41, 5.74) is 0.897. The van der Waals surface area contributed by atoms with Crippen LogP contribution >= 0.6 is 0 Å². The molecule has 1 N–H and O–H groups in total. The number of nitrogens with zero attached hydrogens (tertiary/aromatic N) is 2. The smallest absolute Gasteiger partial charge is 0.226 e. The average molecular weight is 762 g/mol. The number of aryl methyl sites for hydroxylation is 1. The van der Waals surface area contributed by atoms with Crippen LogP contribution in [0.3, 0.4) is 0 Å². The largest absolute Gasteiger partial charge is 0.380 e. The normalized spacial score (nSPS) is 20.0. The summed E-state index contributed by atoms with van der Waals surface area (Å²) in [4.78, 5) is 71.7. The highest BCUT2D eigenvalue weighted by Gasteiger charge is 2.45. The molecule has 54 heavy (non-hydrogen) atoms. The fraction of sp³-hybridized carbons (Fsp3) is 0.738. The molecule has 0 spiro atoms. The van der Waals surface area contributed by atoms with Gasteiger partial charge in [-0.3, -0.25) is 24.0 Å². The highest BCUT2D eigenvalue weighted by Crippen LogP contribution is 2.32. The zero-order valence-corrected chi connectivity index (χ0v) is 35.1. The number of hydrogen-bond donors (Lipinski definition) is 1. The molecule has 1 unspecified atom stereocenters. The van der Waals surface area contributed by atoms with Gasteiger partial charge >= 0.3 is 0 Å². The summed E-state index contributed by atoms with van der Waals surface area (Å²) >= 11 is 0. The van der Waals surface area contributed by atoms with Crippen LogP contribution in [0, 0.1) is 42.3 Å². The van der Waals surface area contributed by atoms with E-state index in [1.54, 1.807) is 52.0 Å². The Labute approximate surface area is 323 Å². The molecule has 11 nitrogen and oxygen atoms in total. The quantitative estimate of drug-likeness (QED) is 0.140. The van der Waals surface area contributed by atoms with Gasteiger partial charge in [0, 0.05) is 71.6 Å². The molecule has 12 heteroatoms. The fourth-order valence-corrected chi connectivity index (χ4v) is 8.11. The maximum Gasteiger partial charge on any atom is 0.226 e. The predicted molar refractivity (Wildman–Crippen MR) is 208 cm³/mol. The standard InChI is InChI=1S/C42H68FN3O8/c1-14-26(6)40(45(10)42(51)32(24(2)3)21-36(49)39(44-9)25(4)5)37(53-12)22-38(50)46-23-30(52-11)20-33(46)41(54-13)28(8)34(47)17-18-35(48)31-16-15-29(43)19-27(31)7/h15-16,19,24-26,28,30,32-33,37,39-41,44H,14,17-18,20-23H2,1-13H3/t26-,28-,30+,32-,33?,37+,39-,40-,41+/m0/s1. The number of carbonyl (C=O) groups is 5. The van der Waals surface area contributed by atoms with Crippen LogP contribution in [0.2, 0.25) is 0 Å². The third-order valence-corrected chi connectivity index (χ3v) is 11.6. The minimum atomic E-state index is -0.670. The van der Waals surface area contributed by atoms with Crippen molar-refractivity contribution in [1.29, 1.82) is 0 Å². The summed E-state index contributed by atoms with van der Waals surface area (Å²) in [5, 5.41) is 3.10. The number of carbonyl (C=O) groups excluding carboxylic acids is 5. The summed E-state index contributed by atoms with van der Waals surface area (Å²) in [6.45, 7) is 15.6. The maximum atomic E-state index is 14.3. The van der Waals surface area contributed by atoms with Crippen LogP contribution in [-0.4, -0.2) is 117 Å². The van der Waals surface area contributed by atoms with Crippen LogP contribution in [-0.2, 0) is 33.4 Å². The molecular weight excluding hydrogens is 693 g/mol. The molecule has 1 saturated heterocycles. The molecule has 1 aliphatic heterocycles. The number of benzene rings is 1. The maximum absolute atomic E-state index is 14.3. The molecule has 9 atom stereocenters. The summed E-state index contributed by atoms with van der Waals surface area (Å²) in [6, 6.07) is 2.67. The van der Waals surface area contributed by atoms with Crippen molar-refractivity contribution in [2.24, 2.45) is 29.6 Å². The van der Waals surface area contributed by atoms with Crippen LogP contribution in [0.15, 0.2) is 18.2 Å². The Balaban J connectivity index is 2.30. The van der Waals surface area contributed by atoms with E-state index in [0.717, 1.165) is 6.42 Å². The van der Waals surface area contributed by atoms with Crippen LogP contribution in [0.5, 0.6) is 0 Å². The van der Waals surface area contributed by atoms with Gasteiger partial charge in [0.05, 0.1) is 42.9 Å². The number of nitrogens with one attached hydrogen (secondary N) is 1. The van der Waals surface area contributed by atoms with Gasteiger partial charge in [0.1, 0.15) is 11.6 Å². The van der Waals surface area contributed by atoms with Gasteiger partial charge in [-0.05, 0) is 61.9 Å². The van der Waals surface area contributed by atoms with Gasteiger partial charge in [-0.1, -0.05) is 54.9 Å². The summed E-state index contributed by atoms with van der Waals surface area (Å²) in [5.74, 6) is -2.46. The highest BCUT2D eigenvalue weighted by molar-refractivity contribution is 5.99. The SMILES string of the molecule is CC[C@H](C)[C@@H]([C@@H](CC(=O)N1C[C@H](OC)CC1[C@H](OC)[C@@H](C)C(=O)CCC(=O)c1ccc(F)cc1C)OC)N(C)C(=O)[C@@H](CC(=O)[C@@H](NC)C(C)C)C(C)C. The predicted octanol–water partition coefficient (Wildman–Crippen LogP) is 5.69. The molecule has 2 amide bonds. The summed E-state index contributed by atoms with van der Waals surface area (Å²) < 4.78 is 31.2. The van der Waals surface area contributed by atoms with E-state index >= 15 is 0 Å². The van der Waals surface area contributed by atoms with Gasteiger partial charge in [-0.15, -0.1) is 0 Å². The molecule has 0 aliphatic carbocycles. The molecular formula is C42H68FN3O8. The number of methoxy groups -OCH3 is 3. The first-order valence-corrected chi connectivity index (χ1v) is 19.5. The van der Waals surface area contributed by atoms with E-state index in [4.69, 9.17) is 14.2 Å². The van der Waals surface area contributed by atoms with E-state index in [9.17, 15) is 28.4 Å². The Morgan fingerprint density at radius 3 is 2.09 bits per heavy atom. The Morgan fingerprint density at radius 1 is 0.944 bits per heavy atom. The zero-order valence-electron chi connectivity index (χ0n) is 35.1. The van der Waals surface area contributed by atoms with Gasteiger partial charge in [-0.25, -0.2) is 4.39 Å². The fourth-order valence-electron chi connectivity index (χ4n) is 8.11. The summed E-state index contributed by atoms with van der Waals surface area (Å²) in [7, 11) is 8.14. The number of amides is 2. The number of halogens is 1. The average Bonchev–Trinajstić information content (AvgIpc) is 3.56. The number of rotatable bonds is 23. The molecule has 1 aromatic rings. The topological polar surface area (TPSA) is 132 Å². The van der Waals surface area contributed by atoms with Crippen LogP contribution in [0.1, 0.15) is 103 Å². The van der Waals surface area contributed by atoms with E-state index in [1.807, 2.05) is 41.5 Å². The lowest BCUT2D eigenvalue weighted by Crippen LogP contribution is -2.54. The Bertz CT molecular complexity index is 1420. The minimum absolute atomic E-state index is 0.00531. The van der Waals surface area contributed by atoms with Crippen molar-refractivity contribution in [3.63, 3.8) is 0 Å². The number of likely N-dealkylation sites (N-methyl/N-ethyl adjacent to an activating group) is 2. The molecule has 1 fully saturated rings. The molecule has 306 valence electrons. The van der Waals surface area contributed by atoms with E-state index in [1.165, 1.54) is 25.3 Å². The van der Waals surface area contributed by atoms with Gasteiger partial charge in [0.25, 0.3) is 0 Å². The Morgan fingerprint density at radius 2 is 1.59 bits per heavy atom. The number of ketones is 3. The molecule has 0 saturated carbocycles. The van der Waals surface area contributed by atoms with Crippen molar-refractivity contribution >= 4 is 29.2 Å². The second-order valence-corrected chi connectivity index (χ2v) is 15.9. The van der Waals surface area contributed by atoms with Gasteiger partial charge < -0.3 is 29.3 Å². The second-order valence-electron chi connectivity index (χ2n) is 15.9. The van der Waals surface area contributed by atoms with Crippen molar-refractivity contribution in [1.82, 2.24) is 15.1 Å². The lowest BCUT2D eigenvalue weighted by atomic mass is 9.84. The molecule has 0 bridgehead atoms. The number of hydrogen-bond acceptors (Lipinski definition) is 9. The molecule has 1 aliphatic rings. The van der Waals surface area contributed by atoms with Gasteiger partial charge in [-0.2, -0.15) is 0 Å². The second kappa shape index (κ2) is 21.9. The van der Waals surface area contributed by atoms with E-state index in [0.29, 0.717) is 24.1 Å². The van der Waals surface area contributed by atoms with E-state index in [-0.39, 0.29) is 84.7 Å². The first kappa shape index (κ1) is 47.1. The first-order valence-electron chi connectivity index (χ1n) is 19.5. The van der Waals surface area contributed by atoms with E-state index in [2.05, 4.69) is 5.32 Å². The number of likely N-dealkylation sites (tertiary alicyclic amines) is 1. The summed E-state index contributed by atoms with van der Waals surface area (Å²) in [6.07, 6.45) is -0.408. The number of ether oxygens (including phenoxy) is 3. The van der Waals surface area contributed by atoms with Crippen molar-refractivity contribution in [3.8, 4) is 0 Å². The monoisotopic (exact) mass is 761 g/mol. The third-order valence-electron chi connectivity index (χ3n) is 11.6. The van der Waals surface area contributed by atoms with Gasteiger partial charge in [0.15, 0.2) is 11.6 Å². The lowest BCUT2D eigenvalue weighted by Gasteiger charge is -2.41. The van der Waals surface area contributed by atoms with Crippen molar-refractivity contribution < 1.29 is 42.6 Å². The van der Waals surface area contributed by atoms with Crippen LogP contribution in [0.4, 0.5) is 4.39 Å². The van der Waals surface area contributed by atoms with Crippen LogP contribution in [0.25, 0.3) is 0 Å². The van der Waals surface area contributed by atoms with E-state index < -0.39 is 41.9 Å². The Kier molecular flexibility index (Phi) is 19.1. The molecule has 2 rings (SSSR count).